The minimum Gasteiger partial charge on any atom is -0.505 e. The third kappa shape index (κ3) is 1.92. The molecule has 13 heavy (non-hydrogen) atoms. The van der Waals surface area contributed by atoms with Crippen LogP contribution >= 0.6 is 11.6 Å². The molecule has 0 aliphatic carbocycles. The number of hydrogen-bond donors (Lipinski definition) is 2. The van der Waals surface area contributed by atoms with E-state index >= 15 is 0 Å². The van der Waals surface area contributed by atoms with E-state index < -0.39 is 17.1 Å². The lowest BCUT2D eigenvalue weighted by Crippen LogP contribution is -2.29. The van der Waals surface area contributed by atoms with Gasteiger partial charge in [-0.2, -0.15) is 0 Å². The zero-order chi connectivity index (χ0) is 10.2. The maximum absolute atomic E-state index is 12.9. The number of halogens is 2. The lowest BCUT2D eigenvalue weighted by molar-refractivity contribution is 0.406. The fourth-order valence-electron chi connectivity index (χ4n) is 1.15. The van der Waals surface area contributed by atoms with Crippen molar-refractivity contribution in [2.75, 3.05) is 0 Å². The highest BCUT2D eigenvalue weighted by Gasteiger charge is 2.23. The van der Waals surface area contributed by atoms with Crippen molar-refractivity contribution in [2.45, 2.75) is 19.4 Å². The molecule has 0 amide bonds. The Hall–Kier alpha value is -0.800. The summed E-state index contributed by atoms with van der Waals surface area (Å²) in [4.78, 5) is 0. The fraction of sp³-hybridized carbons (Fsp3) is 0.333. The van der Waals surface area contributed by atoms with Crippen LogP contribution in [-0.4, -0.2) is 5.11 Å². The number of benzene rings is 1. The number of aromatic hydroxyl groups is 1. The Labute approximate surface area is 81.1 Å². The highest BCUT2D eigenvalue weighted by Crippen LogP contribution is 2.35. The maximum atomic E-state index is 12.9. The summed E-state index contributed by atoms with van der Waals surface area (Å²) >= 11 is 5.78. The van der Waals surface area contributed by atoms with Crippen molar-refractivity contribution < 1.29 is 9.50 Å². The highest BCUT2D eigenvalue weighted by molar-refractivity contribution is 6.31. The second-order valence-corrected chi connectivity index (χ2v) is 3.88. The van der Waals surface area contributed by atoms with E-state index in [1.807, 2.05) is 0 Å². The summed E-state index contributed by atoms with van der Waals surface area (Å²) in [7, 11) is 0. The molecule has 72 valence electrons. The monoisotopic (exact) mass is 203 g/mol. The minimum absolute atomic E-state index is 0.231. The molecule has 0 aromatic heterocycles. The summed E-state index contributed by atoms with van der Waals surface area (Å²) < 4.78 is 12.9. The number of phenolic OH excluding ortho intramolecular Hbond substituents is 1. The van der Waals surface area contributed by atoms with Gasteiger partial charge in [-0.3, -0.25) is 0 Å². The average molecular weight is 204 g/mol. The second-order valence-electron chi connectivity index (χ2n) is 3.47. The van der Waals surface area contributed by atoms with Gasteiger partial charge in [0.15, 0.2) is 11.6 Å². The molecule has 0 radical (unpaired) electrons. The van der Waals surface area contributed by atoms with Crippen LogP contribution in [0.5, 0.6) is 5.75 Å². The van der Waals surface area contributed by atoms with Crippen molar-refractivity contribution in [3.05, 3.63) is 28.5 Å². The van der Waals surface area contributed by atoms with Crippen LogP contribution in [0, 0.1) is 5.82 Å². The van der Waals surface area contributed by atoms with Gasteiger partial charge < -0.3 is 10.8 Å². The van der Waals surface area contributed by atoms with Crippen LogP contribution < -0.4 is 5.73 Å². The van der Waals surface area contributed by atoms with Gasteiger partial charge in [-0.1, -0.05) is 11.6 Å². The molecule has 1 aromatic carbocycles. The molecule has 0 unspecified atom stereocenters. The highest BCUT2D eigenvalue weighted by atomic mass is 35.5. The van der Waals surface area contributed by atoms with Gasteiger partial charge in [0.2, 0.25) is 0 Å². The first-order valence-electron chi connectivity index (χ1n) is 3.80. The molecular formula is C9H11ClFNO. The predicted molar refractivity (Wildman–Crippen MR) is 50.3 cm³/mol. The Morgan fingerprint density at radius 1 is 1.46 bits per heavy atom. The zero-order valence-corrected chi connectivity index (χ0v) is 8.19. The van der Waals surface area contributed by atoms with Crippen molar-refractivity contribution >= 4 is 11.6 Å². The normalized spacial score (nSPS) is 11.8. The molecule has 3 N–H and O–H groups in total. The molecule has 0 heterocycles. The lowest BCUT2D eigenvalue weighted by atomic mass is 9.94. The Morgan fingerprint density at radius 2 is 2.00 bits per heavy atom. The van der Waals surface area contributed by atoms with Crippen molar-refractivity contribution in [3.8, 4) is 5.75 Å². The summed E-state index contributed by atoms with van der Waals surface area (Å²) in [6, 6.07) is 2.48. The van der Waals surface area contributed by atoms with Gasteiger partial charge in [0.1, 0.15) is 0 Å². The van der Waals surface area contributed by atoms with Crippen LogP contribution in [0.1, 0.15) is 19.4 Å². The SMILES string of the molecule is CC(C)(N)c1c(Cl)ccc(F)c1O. The summed E-state index contributed by atoms with van der Waals surface area (Å²) in [6.07, 6.45) is 0. The predicted octanol–water partition coefficient (Wildman–Crippen LogP) is 2.38. The largest absolute Gasteiger partial charge is 0.505 e. The van der Waals surface area contributed by atoms with Crippen LogP contribution in [0.15, 0.2) is 12.1 Å². The van der Waals surface area contributed by atoms with Gasteiger partial charge in [-0.25, -0.2) is 4.39 Å². The topological polar surface area (TPSA) is 46.2 Å². The molecule has 0 saturated carbocycles. The van der Waals surface area contributed by atoms with Crippen molar-refractivity contribution in [1.82, 2.24) is 0 Å². The van der Waals surface area contributed by atoms with E-state index in [1.54, 1.807) is 13.8 Å². The van der Waals surface area contributed by atoms with Crippen LogP contribution in [0.3, 0.4) is 0 Å². The number of hydrogen-bond acceptors (Lipinski definition) is 2. The Balaban J connectivity index is 3.43. The first-order valence-corrected chi connectivity index (χ1v) is 4.18. The standard InChI is InChI=1S/C9H11ClFNO/c1-9(2,12)7-5(10)3-4-6(11)8(7)13/h3-4,13H,12H2,1-2H3. The third-order valence-corrected chi connectivity index (χ3v) is 2.04. The minimum atomic E-state index is -0.858. The van der Waals surface area contributed by atoms with Gasteiger partial charge >= 0.3 is 0 Å². The van der Waals surface area contributed by atoms with E-state index in [1.165, 1.54) is 6.07 Å². The van der Waals surface area contributed by atoms with E-state index in [-0.39, 0.29) is 10.6 Å². The molecule has 1 rings (SSSR count). The molecule has 2 nitrogen and oxygen atoms in total. The van der Waals surface area contributed by atoms with Gasteiger partial charge in [0.25, 0.3) is 0 Å². The Kier molecular flexibility index (Phi) is 2.50. The van der Waals surface area contributed by atoms with E-state index in [2.05, 4.69) is 0 Å². The molecule has 0 fully saturated rings. The summed E-state index contributed by atoms with van der Waals surface area (Å²) in [5, 5.41) is 9.64. The van der Waals surface area contributed by atoms with Crippen LogP contribution in [-0.2, 0) is 5.54 Å². The number of nitrogens with two attached hydrogens (primary N) is 1. The van der Waals surface area contributed by atoms with Gasteiger partial charge in [-0.15, -0.1) is 0 Å². The fourth-order valence-corrected chi connectivity index (χ4v) is 1.55. The molecule has 0 saturated heterocycles. The summed E-state index contributed by atoms with van der Waals surface area (Å²) in [5.74, 6) is -1.18. The van der Waals surface area contributed by atoms with Crippen molar-refractivity contribution in [3.63, 3.8) is 0 Å². The zero-order valence-electron chi connectivity index (χ0n) is 7.44. The molecule has 0 aliphatic rings. The summed E-state index contributed by atoms with van der Waals surface area (Å²) in [6.45, 7) is 3.29. The lowest BCUT2D eigenvalue weighted by Gasteiger charge is -2.21. The maximum Gasteiger partial charge on any atom is 0.165 e. The number of rotatable bonds is 1. The molecule has 0 spiro atoms. The van der Waals surface area contributed by atoms with Gasteiger partial charge in [-0.05, 0) is 26.0 Å². The quantitative estimate of drug-likeness (QED) is 0.736. The Bertz CT molecular complexity index is 333. The molecule has 1 aromatic rings. The van der Waals surface area contributed by atoms with Crippen molar-refractivity contribution in [2.24, 2.45) is 5.73 Å². The van der Waals surface area contributed by atoms with Crippen LogP contribution in [0.4, 0.5) is 4.39 Å². The first-order chi connectivity index (χ1) is 5.84. The third-order valence-electron chi connectivity index (χ3n) is 1.72. The molecule has 4 heteroatoms. The number of phenols is 1. The van der Waals surface area contributed by atoms with E-state index in [9.17, 15) is 9.50 Å². The molecular weight excluding hydrogens is 193 g/mol. The van der Waals surface area contributed by atoms with Crippen LogP contribution in [0.2, 0.25) is 5.02 Å². The van der Waals surface area contributed by atoms with E-state index in [4.69, 9.17) is 17.3 Å². The van der Waals surface area contributed by atoms with E-state index in [0.29, 0.717) is 0 Å². The first kappa shape index (κ1) is 10.3. The molecule has 0 atom stereocenters. The summed E-state index contributed by atoms with van der Waals surface area (Å²) in [5.41, 5.74) is 5.09. The second kappa shape index (κ2) is 3.16. The van der Waals surface area contributed by atoms with E-state index in [0.717, 1.165) is 6.07 Å². The van der Waals surface area contributed by atoms with Gasteiger partial charge in [0.05, 0.1) is 0 Å². The molecule has 0 bridgehead atoms. The van der Waals surface area contributed by atoms with Crippen LogP contribution in [0.25, 0.3) is 0 Å². The smallest absolute Gasteiger partial charge is 0.165 e. The Morgan fingerprint density at radius 3 is 2.38 bits per heavy atom. The van der Waals surface area contributed by atoms with Crippen molar-refractivity contribution in [1.29, 1.82) is 0 Å². The molecule has 0 aliphatic heterocycles. The van der Waals surface area contributed by atoms with Gasteiger partial charge in [0, 0.05) is 16.1 Å². The average Bonchev–Trinajstić information content (AvgIpc) is 1.95.